The third-order valence-corrected chi connectivity index (χ3v) is 10.4. The van der Waals surface area contributed by atoms with Crippen molar-refractivity contribution in [3.05, 3.63) is 90.1 Å². The fraction of sp³-hybridized carbons (Fsp3) is 0.294. The molecule has 258 valence electrons. The number of anilines is 3. The number of carbonyl (C=O) groups excluding carboxylic acids is 3. The minimum absolute atomic E-state index is 0.0429. The highest BCUT2D eigenvalue weighted by atomic mass is 32.2. The monoisotopic (exact) mass is 697 g/mol. The van der Waals surface area contributed by atoms with Crippen LogP contribution in [0, 0.1) is 0 Å². The Morgan fingerprint density at radius 3 is 2.43 bits per heavy atom. The number of likely N-dealkylation sites (tertiary alicyclic amines) is 1. The van der Waals surface area contributed by atoms with Crippen LogP contribution in [0.25, 0.3) is 10.8 Å². The molecule has 0 aliphatic carbocycles. The van der Waals surface area contributed by atoms with Crippen molar-refractivity contribution in [2.75, 3.05) is 29.5 Å². The van der Waals surface area contributed by atoms with Crippen LogP contribution in [0.1, 0.15) is 49.9 Å². The number of hydrogen-bond acceptors (Lipinski definition) is 9. The van der Waals surface area contributed by atoms with Crippen LogP contribution >= 0.6 is 0 Å². The van der Waals surface area contributed by atoms with Gasteiger partial charge in [-0.05, 0) is 85.7 Å². The third kappa shape index (κ3) is 7.77. The largest absolute Gasteiger partial charge is 0.490 e. The van der Waals surface area contributed by atoms with Crippen molar-refractivity contribution in [1.82, 2.24) is 9.88 Å². The number of nitrogens with two attached hydrogens (primary N) is 1. The summed E-state index contributed by atoms with van der Waals surface area (Å²) in [5, 5.41) is 6.43. The van der Waals surface area contributed by atoms with Gasteiger partial charge in [-0.3, -0.25) is 9.59 Å². The fourth-order valence-corrected chi connectivity index (χ4v) is 7.01. The van der Waals surface area contributed by atoms with Gasteiger partial charge in [-0.25, -0.2) is 18.2 Å². The van der Waals surface area contributed by atoms with E-state index in [0.717, 1.165) is 10.8 Å². The second-order valence-corrected chi connectivity index (χ2v) is 14.3. The minimum atomic E-state index is -5.27. The van der Waals surface area contributed by atoms with Crippen LogP contribution in [0.4, 0.5) is 30.4 Å². The number of benzene rings is 3. The molecule has 1 fully saturated rings. The maximum absolute atomic E-state index is 14.5. The summed E-state index contributed by atoms with van der Waals surface area (Å²) >= 11 is 0. The molecule has 11 nitrogen and oxygen atoms in total. The van der Waals surface area contributed by atoms with E-state index in [9.17, 15) is 36.0 Å². The molecule has 1 saturated heterocycles. The number of nitrogen functional groups attached to an aromatic ring is 1. The van der Waals surface area contributed by atoms with E-state index < -0.39 is 51.8 Å². The van der Waals surface area contributed by atoms with Gasteiger partial charge in [0, 0.05) is 29.5 Å². The maximum Gasteiger partial charge on any atom is 0.490 e. The number of nitrogens with zero attached hydrogens (tertiary/aromatic N) is 2. The van der Waals surface area contributed by atoms with Gasteiger partial charge in [-0.1, -0.05) is 30.3 Å². The maximum atomic E-state index is 14.5. The van der Waals surface area contributed by atoms with Crippen LogP contribution in [0.15, 0.2) is 83.9 Å². The van der Waals surface area contributed by atoms with E-state index in [0.29, 0.717) is 36.5 Å². The number of esters is 1. The molecule has 1 aliphatic heterocycles. The molecule has 0 unspecified atom stereocenters. The number of halogens is 3. The number of fused-ring (bicyclic) bond motifs is 1. The van der Waals surface area contributed by atoms with Gasteiger partial charge >= 0.3 is 12.1 Å². The molecule has 4 aromatic rings. The Labute approximate surface area is 280 Å². The Morgan fingerprint density at radius 1 is 1.02 bits per heavy atom. The number of sulfone groups is 1. The highest BCUT2D eigenvalue weighted by molar-refractivity contribution is 7.92. The Kier molecular flexibility index (Phi) is 10.1. The van der Waals surface area contributed by atoms with E-state index in [4.69, 9.17) is 5.73 Å². The summed E-state index contributed by atoms with van der Waals surface area (Å²) in [6.45, 7) is 2.13. The average Bonchev–Trinajstić information content (AvgIpc) is 3.56. The molecule has 1 aromatic heterocycles. The standard InChI is InChI=1S/C34H34F3N5O6S/c1-20(2)49(46,47)28-13-11-24(40-29(43)19-48-33(45)34(35,36)37)18-26(28)27-9-6-16-42(27)32(44)30(21-7-4-3-5-8-21)41-23-10-12-25-22(17-23)14-15-39-31(25)38/h3-5,7-8,10-15,17-18,20,27,30,41H,6,9,16,19H2,1-2H3,(H2,38,39)(H,40,43)/t27-,30-/m1/s1. The molecular weight excluding hydrogens is 663 g/mol. The predicted molar refractivity (Wildman–Crippen MR) is 177 cm³/mol. The van der Waals surface area contributed by atoms with Gasteiger partial charge in [-0.15, -0.1) is 0 Å². The van der Waals surface area contributed by atoms with Crippen LogP contribution in [0.2, 0.25) is 0 Å². The third-order valence-electron chi connectivity index (χ3n) is 8.17. The van der Waals surface area contributed by atoms with Crippen molar-refractivity contribution in [2.24, 2.45) is 0 Å². The highest BCUT2D eigenvalue weighted by Crippen LogP contribution is 2.40. The quantitative estimate of drug-likeness (QED) is 0.180. The number of pyridine rings is 1. The van der Waals surface area contributed by atoms with E-state index >= 15 is 0 Å². The normalized spacial score (nSPS) is 15.6. The van der Waals surface area contributed by atoms with Gasteiger partial charge in [0.25, 0.3) is 5.91 Å². The zero-order valence-electron chi connectivity index (χ0n) is 26.5. The first-order chi connectivity index (χ1) is 23.2. The van der Waals surface area contributed by atoms with Crippen molar-refractivity contribution >= 4 is 55.6 Å². The Morgan fingerprint density at radius 2 is 1.73 bits per heavy atom. The lowest BCUT2D eigenvalue weighted by molar-refractivity contribution is -0.199. The molecule has 0 spiro atoms. The second kappa shape index (κ2) is 14.1. The molecule has 2 amide bonds. The van der Waals surface area contributed by atoms with E-state index in [1.54, 1.807) is 53.6 Å². The molecule has 3 aromatic carbocycles. The first-order valence-electron chi connectivity index (χ1n) is 15.3. The Bertz CT molecular complexity index is 1990. The smallest absolute Gasteiger partial charge is 0.449 e. The Hall–Kier alpha value is -5.18. The van der Waals surface area contributed by atoms with Gasteiger partial charge in [0.2, 0.25) is 5.91 Å². The van der Waals surface area contributed by atoms with E-state index in [2.05, 4.69) is 20.4 Å². The summed E-state index contributed by atoms with van der Waals surface area (Å²) in [6.07, 6.45) is -2.74. The number of amides is 2. The van der Waals surface area contributed by atoms with Gasteiger partial charge in [0.1, 0.15) is 11.9 Å². The van der Waals surface area contributed by atoms with E-state index in [1.165, 1.54) is 32.0 Å². The van der Waals surface area contributed by atoms with Gasteiger partial charge in [0.15, 0.2) is 16.4 Å². The summed E-state index contributed by atoms with van der Waals surface area (Å²) in [5.41, 5.74) is 7.61. The molecule has 2 heterocycles. The molecular formula is C34H34F3N5O6S. The zero-order chi connectivity index (χ0) is 35.5. The summed E-state index contributed by atoms with van der Waals surface area (Å²) < 4.78 is 68.7. The topological polar surface area (TPSA) is 161 Å². The molecule has 0 saturated carbocycles. The molecule has 0 bridgehead atoms. The number of hydrogen-bond donors (Lipinski definition) is 3. The second-order valence-electron chi connectivity index (χ2n) is 11.8. The highest BCUT2D eigenvalue weighted by Gasteiger charge is 2.41. The first kappa shape index (κ1) is 35.1. The fourth-order valence-electron chi connectivity index (χ4n) is 5.72. The lowest BCUT2D eigenvalue weighted by Crippen LogP contribution is -2.38. The van der Waals surface area contributed by atoms with Crippen molar-refractivity contribution in [1.29, 1.82) is 0 Å². The van der Waals surface area contributed by atoms with Crippen molar-refractivity contribution in [2.45, 2.75) is 55.1 Å². The molecule has 2 atom stereocenters. The van der Waals surface area contributed by atoms with Gasteiger partial charge < -0.3 is 26.0 Å². The number of aromatic nitrogens is 1. The zero-order valence-corrected chi connectivity index (χ0v) is 27.3. The molecule has 5 rings (SSSR count). The first-order valence-corrected chi connectivity index (χ1v) is 16.9. The summed E-state index contributed by atoms with van der Waals surface area (Å²) in [7, 11) is -3.90. The van der Waals surface area contributed by atoms with Gasteiger partial charge in [0.05, 0.1) is 16.2 Å². The average molecular weight is 698 g/mol. The summed E-state index contributed by atoms with van der Waals surface area (Å²) in [5.74, 6) is -3.55. The number of rotatable bonds is 10. The summed E-state index contributed by atoms with van der Waals surface area (Å²) in [6, 6.07) is 18.7. The lowest BCUT2D eigenvalue weighted by atomic mass is 10.0. The van der Waals surface area contributed by atoms with Crippen LogP contribution < -0.4 is 16.4 Å². The van der Waals surface area contributed by atoms with Crippen molar-refractivity contribution < 1.29 is 40.7 Å². The molecule has 15 heteroatoms. The molecule has 49 heavy (non-hydrogen) atoms. The van der Waals surface area contributed by atoms with Crippen LogP contribution in [0.5, 0.6) is 0 Å². The number of carbonyl (C=O) groups is 3. The Balaban J connectivity index is 1.49. The van der Waals surface area contributed by atoms with E-state index in [1.807, 2.05) is 12.1 Å². The molecule has 4 N–H and O–H groups in total. The predicted octanol–water partition coefficient (Wildman–Crippen LogP) is 5.56. The molecule has 1 aliphatic rings. The van der Waals surface area contributed by atoms with Crippen molar-refractivity contribution in [3.63, 3.8) is 0 Å². The van der Waals surface area contributed by atoms with E-state index in [-0.39, 0.29) is 22.1 Å². The lowest BCUT2D eigenvalue weighted by Gasteiger charge is -2.31. The minimum Gasteiger partial charge on any atom is -0.449 e. The van der Waals surface area contributed by atoms with Gasteiger partial charge in [-0.2, -0.15) is 13.2 Å². The number of alkyl halides is 3. The van der Waals surface area contributed by atoms with Crippen LogP contribution in [-0.4, -0.2) is 60.7 Å². The van der Waals surface area contributed by atoms with Crippen molar-refractivity contribution in [3.8, 4) is 0 Å². The van der Waals surface area contributed by atoms with Crippen LogP contribution in [0.3, 0.4) is 0 Å². The number of ether oxygens (including phenoxy) is 1. The summed E-state index contributed by atoms with van der Waals surface area (Å²) in [4.78, 5) is 43.7. The van der Waals surface area contributed by atoms with Crippen LogP contribution in [-0.2, 0) is 29.0 Å². The SMILES string of the molecule is CC(C)S(=O)(=O)c1ccc(NC(=O)COC(=O)C(F)(F)F)cc1[C@H]1CCCN1C(=O)[C@H](Nc1ccc2c(N)nccc2c1)c1ccccc1. The number of nitrogens with one attached hydrogen (secondary N) is 2. The molecule has 0 radical (unpaired) electrons.